The molecular formula is C13H18O2. The van der Waals surface area contributed by atoms with Crippen LogP contribution in [-0.4, -0.2) is 11.7 Å². The summed E-state index contributed by atoms with van der Waals surface area (Å²) < 4.78 is 5.43. The highest BCUT2D eigenvalue weighted by Crippen LogP contribution is 2.45. The van der Waals surface area contributed by atoms with Crippen LogP contribution in [0, 0.1) is 5.92 Å². The molecule has 0 heterocycles. The van der Waals surface area contributed by atoms with E-state index in [9.17, 15) is 5.11 Å². The minimum absolute atomic E-state index is 0.425. The molecule has 1 aromatic rings. The van der Waals surface area contributed by atoms with Gasteiger partial charge in [0, 0.05) is 0 Å². The first-order chi connectivity index (χ1) is 7.14. The molecular weight excluding hydrogens is 188 g/mol. The molecule has 1 N–H and O–H groups in total. The minimum atomic E-state index is -0.687. The van der Waals surface area contributed by atoms with Crippen molar-refractivity contribution >= 4 is 0 Å². The second-order valence-electron chi connectivity index (χ2n) is 4.38. The molecule has 0 saturated heterocycles. The normalized spacial score (nSPS) is 19.7. The summed E-state index contributed by atoms with van der Waals surface area (Å²) in [6.45, 7) is 4.52. The summed E-state index contributed by atoms with van der Waals surface area (Å²) in [4.78, 5) is 0. The maximum Gasteiger partial charge on any atom is 0.119 e. The average molecular weight is 206 g/mol. The zero-order chi connectivity index (χ0) is 10.9. The molecule has 0 aromatic heterocycles. The molecule has 1 fully saturated rings. The number of hydrogen-bond acceptors (Lipinski definition) is 2. The van der Waals surface area contributed by atoms with Gasteiger partial charge in [0.05, 0.1) is 12.2 Å². The Morgan fingerprint density at radius 1 is 1.47 bits per heavy atom. The molecule has 1 unspecified atom stereocenters. The van der Waals surface area contributed by atoms with Crippen LogP contribution in [0.25, 0.3) is 0 Å². The summed E-state index contributed by atoms with van der Waals surface area (Å²) in [5.74, 6) is 1.27. The predicted molar refractivity (Wildman–Crippen MR) is 59.9 cm³/mol. The van der Waals surface area contributed by atoms with Gasteiger partial charge in [0.25, 0.3) is 0 Å². The number of rotatable bonds is 4. The lowest BCUT2D eigenvalue weighted by molar-refractivity contribution is 0.0328. The van der Waals surface area contributed by atoms with Gasteiger partial charge in [-0.25, -0.2) is 0 Å². The first kappa shape index (κ1) is 10.5. The molecule has 0 bridgehead atoms. The van der Waals surface area contributed by atoms with Gasteiger partial charge in [0.2, 0.25) is 0 Å². The van der Waals surface area contributed by atoms with Gasteiger partial charge in [-0.05, 0) is 50.3 Å². The van der Waals surface area contributed by atoms with Crippen LogP contribution in [0.5, 0.6) is 5.75 Å². The topological polar surface area (TPSA) is 29.5 Å². The van der Waals surface area contributed by atoms with E-state index >= 15 is 0 Å². The van der Waals surface area contributed by atoms with E-state index in [0.29, 0.717) is 12.5 Å². The van der Waals surface area contributed by atoms with Crippen molar-refractivity contribution in [2.45, 2.75) is 32.3 Å². The van der Waals surface area contributed by atoms with E-state index in [1.54, 1.807) is 0 Å². The van der Waals surface area contributed by atoms with Gasteiger partial charge in [-0.1, -0.05) is 12.1 Å². The van der Waals surface area contributed by atoms with Crippen LogP contribution < -0.4 is 4.74 Å². The monoisotopic (exact) mass is 206 g/mol. The third-order valence-corrected chi connectivity index (χ3v) is 3.10. The maximum absolute atomic E-state index is 10.4. The van der Waals surface area contributed by atoms with Gasteiger partial charge in [-0.2, -0.15) is 0 Å². The second-order valence-corrected chi connectivity index (χ2v) is 4.38. The molecule has 0 amide bonds. The van der Waals surface area contributed by atoms with E-state index in [1.165, 1.54) is 0 Å². The highest BCUT2D eigenvalue weighted by atomic mass is 16.5. The van der Waals surface area contributed by atoms with Crippen molar-refractivity contribution in [3.63, 3.8) is 0 Å². The van der Waals surface area contributed by atoms with E-state index in [2.05, 4.69) is 0 Å². The quantitative estimate of drug-likeness (QED) is 0.820. The van der Waals surface area contributed by atoms with E-state index in [4.69, 9.17) is 4.74 Å². The first-order valence-electron chi connectivity index (χ1n) is 5.60. The SMILES string of the molecule is CCOc1cccc(C(C)(O)C2CC2)c1. The molecule has 2 heteroatoms. The van der Waals surface area contributed by atoms with Gasteiger partial charge in [0.15, 0.2) is 0 Å². The van der Waals surface area contributed by atoms with Gasteiger partial charge in [0.1, 0.15) is 5.75 Å². The summed E-state index contributed by atoms with van der Waals surface area (Å²) >= 11 is 0. The first-order valence-corrected chi connectivity index (χ1v) is 5.60. The molecule has 1 aliphatic carbocycles. The largest absolute Gasteiger partial charge is 0.494 e. The van der Waals surface area contributed by atoms with Gasteiger partial charge in [-0.15, -0.1) is 0 Å². The minimum Gasteiger partial charge on any atom is -0.494 e. The van der Waals surface area contributed by atoms with Crippen LogP contribution in [0.4, 0.5) is 0 Å². The Morgan fingerprint density at radius 3 is 2.80 bits per heavy atom. The Labute approximate surface area is 90.9 Å². The lowest BCUT2D eigenvalue weighted by atomic mass is 9.91. The van der Waals surface area contributed by atoms with Crippen molar-refractivity contribution in [2.75, 3.05) is 6.61 Å². The van der Waals surface area contributed by atoms with Crippen molar-refractivity contribution in [1.29, 1.82) is 0 Å². The van der Waals surface area contributed by atoms with Crippen LogP contribution in [0.1, 0.15) is 32.3 Å². The number of benzene rings is 1. The fourth-order valence-electron chi connectivity index (χ4n) is 1.95. The average Bonchev–Trinajstić information content (AvgIpc) is 3.02. The molecule has 1 saturated carbocycles. The standard InChI is InChI=1S/C13H18O2/c1-3-15-12-6-4-5-11(9-12)13(2,14)10-7-8-10/h4-6,9-10,14H,3,7-8H2,1-2H3. The van der Waals surface area contributed by atoms with Crippen molar-refractivity contribution in [1.82, 2.24) is 0 Å². The molecule has 1 aliphatic rings. The smallest absolute Gasteiger partial charge is 0.119 e. The Hall–Kier alpha value is -1.02. The molecule has 2 rings (SSSR count). The van der Waals surface area contributed by atoms with Gasteiger partial charge >= 0.3 is 0 Å². The molecule has 0 spiro atoms. The number of ether oxygens (including phenoxy) is 1. The number of aliphatic hydroxyl groups is 1. The summed E-state index contributed by atoms with van der Waals surface area (Å²) in [7, 11) is 0. The van der Waals surface area contributed by atoms with E-state index in [-0.39, 0.29) is 0 Å². The molecule has 2 nitrogen and oxygen atoms in total. The second kappa shape index (κ2) is 3.86. The van der Waals surface area contributed by atoms with Crippen LogP contribution >= 0.6 is 0 Å². The Kier molecular flexibility index (Phi) is 2.70. The lowest BCUT2D eigenvalue weighted by Crippen LogP contribution is -2.23. The molecule has 82 valence electrons. The van der Waals surface area contributed by atoms with Crippen molar-refractivity contribution in [3.05, 3.63) is 29.8 Å². The molecule has 15 heavy (non-hydrogen) atoms. The fourth-order valence-corrected chi connectivity index (χ4v) is 1.95. The van der Waals surface area contributed by atoms with Crippen LogP contribution in [-0.2, 0) is 5.60 Å². The zero-order valence-corrected chi connectivity index (χ0v) is 9.36. The molecule has 0 aliphatic heterocycles. The predicted octanol–water partition coefficient (Wildman–Crippen LogP) is 2.70. The van der Waals surface area contributed by atoms with Crippen molar-refractivity contribution in [2.24, 2.45) is 5.92 Å². The molecule has 1 aromatic carbocycles. The van der Waals surface area contributed by atoms with Crippen molar-refractivity contribution in [3.8, 4) is 5.75 Å². The third kappa shape index (κ3) is 2.15. The van der Waals surface area contributed by atoms with Crippen LogP contribution in [0.15, 0.2) is 24.3 Å². The Morgan fingerprint density at radius 2 is 2.20 bits per heavy atom. The molecule has 1 atom stereocenters. The summed E-state index contributed by atoms with van der Waals surface area (Å²) in [5, 5.41) is 10.4. The summed E-state index contributed by atoms with van der Waals surface area (Å²) in [5.41, 5.74) is 0.281. The zero-order valence-electron chi connectivity index (χ0n) is 9.36. The van der Waals surface area contributed by atoms with Gasteiger partial charge in [-0.3, -0.25) is 0 Å². The lowest BCUT2D eigenvalue weighted by Gasteiger charge is -2.24. The highest BCUT2D eigenvalue weighted by Gasteiger charge is 2.41. The van der Waals surface area contributed by atoms with E-state index < -0.39 is 5.60 Å². The summed E-state index contributed by atoms with van der Waals surface area (Å²) in [6.07, 6.45) is 2.26. The maximum atomic E-state index is 10.4. The van der Waals surface area contributed by atoms with Gasteiger partial charge < -0.3 is 9.84 Å². The van der Waals surface area contributed by atoms with E-state index in [1.807, 2.05) is 38.1 Å². The number of hydrogen-bond donors (Lipinski definition) is 1. The van der Waals surface area contributed by atoms with Crippen molar-refractivity contribution < 1.29 is 9.84 Å². The fraction of sp³-hybridized carbons (Fsp3) is 0.538. The Balaban J connectivity index is 2.23. The Bertz CT molecular complexity index is 340. The van der Waals surface area contributed by atoms with Crippen LogP contribution in [0.2, 0.25) is 0 Å². The highest BCUT2D eigenvalue weighted by molar-refractivity contribution is 5.33. The third-order valence-electron chi connectivity index (χ3n) is 3.10. The van der Waals surface area contributed by atoms with E-state index in [0.717, 1.165) is 24.2 Å². The summed E-state index contributed by atoms with van der Waals surface area (Å²) in [6, 6.07) is 7.79. The van der Waals surface area contributed by atoms with Crippen LogP contribution in [0.3, 0.4) is 0 Å². The molecule has 0 radical (unpaired) electrons.